The minimum absolute atomic E-state index is 0.0477. The molecule has 0 radical (unpaired) electrons. The highest BCUT2D eigenvalue weighted by atomic mass is 16.2. The van der Waals surface area contributed by atoms with Crippen LogP contribution in [0.25, 0.3) is 0 Å². The van der Waals surface area contributed by atoms with Crippen LogP contribution in [0.2, 0.25) is 0 Å². The Bertz CT molecular complexity index is 525. The van der Waals surface area contributed by atoms with E-state index in [1.165, 1.54) is 25.7 Å². The van der Waals surface area contributed by atoms with Crippen molar-refractivity contribution < 1.29 is 4.79 Å². The third kappa shape index (κ3) is 3.17. The van der Waals surface area contributed by atoms with Gasteiger partial charge < -0.3 is 10.2 Å². The van der Waals surface area contributed by atoms with E-state index in [4.69, 9.17) is 4.98 Å². The summed E-state index contributed by atoms with van der Waals surface area (Å²) in [6.45, 7) is 4.45. The highest BCUT2D eigenvalue weighted by Gasteiger charge is 2.30. The van der Waals surface area contributed by atoms with Gasteiger partial charge in [-0.05, 0) is 32.6 Å². The molecule has 2 heterocycles. The molecule has 1 aromatic rings. The Balaban J connectivity index is 1.81. The molecule has 2 fully saturated rings. The molecule has 114 valence electrons. The van der Waals surface area contributed by atoms with Crippen molar-refractivity contribution in [3.8, 4) is 0 Å². The average Bonchev–Trinajstić information content (AvgIpc) is 3.08. The Labute approximate surface area is 126 Å². The molecule has 5 nitrogen and oxygen atoms in total. The van der Waals surface area contributed by atoms with Crippen molar-refractivity contribution in [2.75, 3.05) is 11.9 Å². The molecule has 1 unspecified atom stereocenters. The van der Waals surface area contributed by atoms with Crippen LogP contribution >= 0.6 is 0 Å². The van der Waals surface area contributed by atoms with Gasteiger partial charge in [0.15, 0.2) is 5.82 Å². The lowest BCUT2D eigenvalue weighted by molar-refractivity contribution is -0.129. The molecule has 1 aliphatic carbocycles. The first-order chi connectivity index (χ1) is 10.1. The number of hydrogen-bond donors (Lipinski definition) is 1. The third-order valence-electron chi connectivity index (χ3n) is 4.53. The molecule has 0 bridgehead atoms. The number of aryl methyl sites for hydroxylation is 1. The number of carbonyl (C=O) groups is 1. The molecule has 1 saturated heterocycles. The minimum atomic E-state index is 0.0477. The van der Waals surface area contributed by atoms with Crippen molar-refractivity contribution in [2.24, 2.45) is 0 Å². The fourth-order valence-electron chi connectivity index (χ4n) is 3.51. The zero-order valence-electron chi connectivity index (χ0n) is 12.9. The molecule has 21 heavy (non-hydrogen) atoms. The average molecular weight is 288 g/mol. The Hall–Kier alpha value is -1.65. The zero-order chi connectivity index (χ0) is 14.8. The van der Waals surface area contributed by atoms with Crippen molar-refractivity contribution in [2.45, 2.75) is 64.5 Å². The number of carbonyl (C=O) groups excluding carboxylic acids is 1. The Morgan fingerprint density at radius 3 is 2.71 bits per heavy atom. The number of anilines is 1. The fourth-order valence-corrected chi connectivity index (χ4v) is 3.51. The molecule has 5 heteroatoms. The number of nitrogens with one attached hydrogen (secondary N) is 1. The number of rotatable bonds is 3. The van der Waals surface area contributed by atoms with Crippen LogP contribution in [-0.2, 0) is 4.79 Å². The molecule has 1 aromatic heterocycles. The lowest BCUT2D eigenvalue weighted by Gasteiger charge is -2.23. The van der Waals surface area contributed by atoms with Crippen molar-refractivity contribution in [3.63, 3.8) is 0 Å². The summed E-state index contributed by atoms with van der Waals surface area (Å²) in [5.74, 6) is 1.83. The largest absolute Gasteiger partial charge is 0.367 e. The molecule has 1 saturated carbocycles. The highest BCUT2D eigenvalue weighted by Crippen LogP contribution is 2.31. The minimum Gasteiger partial charge on any atom is -0.367 e. The maximum absolute atomic E-state index is 11.7. The first kappa shape index (κ1) is 14.3. The normalized spacial score (nSPS) is 22.8. The Morgan fingerprint density at radius 2 is 2.00 bits per heavy atom. The maximum atomic E-state index is 11.7. The van der Waals surface area contributed by atoms with E-state index < -0.39 is 0 Å². The van der Waals surface area contributed by atoms with Crippen LogP contribution in [0.4, 0.5) is 5.82 Å². The summed E-state index contributed by atoms with van der Waals surface area (Å²) in [7, 11) is 0. The van der Waals surface area contributed by atoms with E-state index >= 15 is 0 Å². The second-order valence-electron chi connectivity index (χ2n) is 6.25. The van der Waals surface area contributed by atoms with Crippen LogP contribution in [0.5, 0.6) is 0 Å². The maximum Gasteiger partial charge on any atom is 0.220 e. The molecule has 1 amide bonds. The van der Waals surface area contributed by atoms with Gasteiger partial charge in [-0.25, -0.2) is 9.97 Å². The van der Waals surface area contributed by atoms with Crippen LogP contribution in [0, 0.1) is 6.92 Å². The summed E-state index contributed by atoms with van der Waals surface area (Å²) < 4.78 is 0. The number of aromatic nitrogens is 2. The fraction of sp³-hybridized carbons (Fsp3) is 0.688. The summed E-state index contributed by atoms with van der Waals surface area (Å²) >= 11 is 0. The predicted molar refractivity (Wildman–Crippen MR) is 82.0 cm³/mol. The second-order valence-corrected chi connectivity index (χ2v) is 6.25. The van der Waals surface area contributed by atoms with E-state index in [-0.39, 0.29) is 11.9 Å². The van der Waals surface area contributed by atoms with Gasteiger partial charge in [0.1, 0.15) is 5.82 Å². The van der Waals surface area contributed by atoms with Gasteiger partial charge in [-0.15, -0.1) is 0 Å². The van der Waals surface area contributed by atoms with Gasteiger partial charge in [0.25, 0.3) is 0 Å². The summed E-state index contributed by atoms with van der Waals surface area (Å²) in [6, 6.07) is 2.60. The molecule has 3 rings (SSSR count). The van der Waals surface area contributed by atoms with Crippen molar-refractivity contribution in [3.05, 3.63) is 17.6 Å². The molecular formula is C16H24N4O. The Kier molecular flexibility index (Phi) is 4.08. The van der Waals surface area contributed by atoms with Crippen LogP contribution in [0.3, 0.4) is 0 Å². The number of hydrogen-bond acceptors (Lipinski definition) is 4. The summed E-state index contributed by atoms with van der Waals surface area (Å²) in [4.78, 5) is 22.9. The second kappa shape index (κ2) is 6.00. The lowest BCUT2D eigenvalue weighted by Crippen LogP contribution is -2.29. The number of likely N-dealkylation sites (tertiary alicyclic amines) is 1. The molecule has 1 aliphatic heterocycles. The lowest BCUT2D eigenvalue weighted by atomic mass is 10.2. The van der Waals surface area contributed by atoms with Crippen LogP contribution in [-0.4, -0.2) is 33.4 Å². The SMILES string of the molecule is CC(=O)N1CCCC1c1nc(C)cc(NC2CCCC2)n1. The number of amides is 1. The first-order valence-electron chi connectivity index (χ1n) is 8.03. The van der Waals surface area contributed by atoms with Gasteiger partial charge >= 0.3 is 0 Å². The van der Waals surface area contributed by atoms with E-state index in [1.807, 2.05) is 17.9 Å². The van der Waals surface area contributed by atoms with Crippen LogP contribution in [0.15, 0.2) is 6.07 Å². The molecule has 1 N–H and O–H groups in total. The van der Waals surface area contributed by atoms with E-state index in [2.05, 4.69) is 10.3 Å². The summed E-state index contributed by atoms with van der Waals surface area (Å²) in [5.41, 5.74) is 0.968. The van der Waals surface area contributed by atoms with Gasteiger partial charge in [0, 0.05) is 31.3 Å². The van der Waals surface area contributed by atoms with Crippen LogP contribution < -0.4 is 5.32 Å². The van der Waals surface area contributed by atoms with E-state index in [0.29, 0.717) is 6.04 Å². The summed E-state index contributed by atoms with van der Waals surface area (Å²) in [5, 5.41) is 3.54. The van der Waals surface area contributed by atoms with E-state index in [0.717, 1.165) is 36.7 Å². The molecule has 1 atom stereocenters. The van der Waals surface area contributed by atoms with Gasteiger partial charge in [0.2, 0.25) is 5.91 Å². The van der Waals surface area contributed by atoms with Gasteiger partial charge in [0.05, 0.1) is 6.04 Å². The quantitative estimate of drug-likeness (QED) is 0.929. The molecule has 2 aliphatic rings. The van der Waals surface area contributed by atoms with Crippen molar-refractivity contribution in [1.29, 1.82) is 0 Å². The van der Waals surface area contributed by atoms with Gasteiger partial charge in [-0.2, -0.15) is 0 Å². The third-order valence-corrected chi connectivity index (χ3v) is 4.53. The van der Waals surface area contributed by atoms with Crippen molar-refractivity contribution in [1.82, 2.24) is 14.9 Å². The predicted octanol–water partition coefficient (Wildman–Crippen LogP) is 2.82. The molecular weight excluding hydrogens is 264 g/mol. The van der Waals surface area contributed by atoms with Gasteiger partial charge in [-0.3, -0.25) is 4.79 Å². The monoisotopic (exact) mass is 288 g/mol. The van der Waals surface area contributed by atoms with Crippen LogP contribution in [0.1, 0.15) is 63.0 Å². The summed E-state index contributed by atoms with van der Waals surface area (Å²) in [6.07, 6.45) is 7.05. The topological polar surface area (TPSA) is 58.1 Å². The smallest absolute Gasteiger partial charge is 0.220 e. The van der Waals surface area contributed by atoms with E-state index in [9.17, 15) is 4.79 Å². The first-order valence-corrected chi connectivity index (χ1v) is 8.03. The van der Waals surface area contributed by atoms with E-state index in [1.54, 1.807) is 6.92 Å². The standard InChI is InChI=1S/C16H24N4O/c1-11-10-15(18-13-6-3-4-7-13)19-16(17-11)14-8-5-9-20(14)12(2)21/h10,13-14H,3-9H2,1-2H3,(H,17,18,19). The highest BCUT2D eigenvalue weighted by molar-refractivity contribution is 5.74. The Morgan fingerprint density at radius 1 is 1.24 bits per heavy atom. The molecule has 0 spiro atoms. The van der Waals surface area contributed by atoms with Gasteiger partial charge in [-0.1, -0.05) is 12.8 Å². The zero-order valence-corrected chi connectivity index (χ0v) is 12.9. The van der Waals surface area contributed by atoms with Crippen molar-refractivity contribution >= 4 is 11.7 Å². The number of nitrogens with zero attached hydrogens (tertiary/aromatic N) is 3. The molecule has 0 aromatic carbocycles.